The normalized spacial score (nSPS) is 16.8. The molecule has 1 amide bonds. The third-order valence-corrected chi connectivity index (χ3v) is 6.94. The Balaban J connectivity index is 1.85. The van der Waals surface area contributed by atoms with Gasteiger partial charge in [0.05, 0.1) is 10.9 Å². The highest BCUT2D eigenvalue weighted by Crippen LogP contribution is 2.43. The quantitative estimate of drug-likeness (QED) is 0.641. The topological polar surface area (TPSA) is 74.7 Å². The van der Waals surface area contributed by atoms with E-state index in [1.54, 1.807) is 6.07 Å². The van der Waals surface area contributed by atoms with Gasteiger partial charge in [0.25, 0.3) is 5.91 Å². The maximum absolute atomic E-state index is 13.5. The molecule has 0 bridgehead atoms. The number of carbonyl (C=O) groups excluding carboxylic acids is 1. The predicted molar refractivity (Wildman–Crippen MR) is 109 cm³/mol. The first-order valence-electron chi connectivity index (χ1n) is 9.33. The number of nitrogens with zero attached hydrogens (tertiary/aromatic N) is 1. The van der Waals surface area contributed by atoms with Gasteiger partial charge in [0, 0.05) is 6.54 Å². The Morgan fingerprint density at radius 3 is 1.97 bits per heavy atom. The molecule has 0 fully saturated rings. The molecule has 0 aromatic heterocycles. The van der Waals surface area contributed by atoms with E-state index in [-0.39, 0.29) is 11.4 Å². The van der Waals surface area contributed by atoms with Crippen LogP contribution in [0.5, 0.6) is 0 Å². The van der Waals surface area contributed by atoms with E-state index < -0.39 is 44.1 Å². The molecule has 0 saturated heterocycles. The van der Waals surface area contributed by atoms with Gasteiger partial charge in [-0.1, -0.05) is 42.5 Å². The minimum absolute atomic E-state index is 0.0832. The highest BCUT2D eigenvalue weighted by molar-refractivity contribution is 7.95. The fourth-order valence-corrected chi connectivity index (χ4v) is 5.23. The molecule has 5 nitrogen and oxygen atoms in total. The zero-order valence-electron chi connectivity index (χ0n) is 16.1. The van der Waals surface area contributed by atoms with Gasteiger partial charge in [0.1, 0.15) is 16.5 Å². The van der Waals surface area contributed by atoms with E-state index in [1.807, 2.05) is 0 Å². The van der Waals surface area contributed by atoms with Crippen molar-refractivity contribution in [3.05, 3.63) is 112 Å². The SMILES string of the molecule is O=C1C(O)=C(S(=O)(=O)c2ccccc2)C(c2ccc(F)cc2)N1Cc1ccc(F)cc1. The van der Waals surface area contributed by atoms with Gasteiger partial charge in [-0.3, -0.25) is 4.79 Å². The van der Waals surface area contributed by atoms with E-state index in [4.69, 9.17) is 0 Å². The highest BCUT2D eigenvalue weighted by atomic mass is 32.2. The Hall–Kier alpha value is -3.52. The van der Waals surface area contributed by atoms with E-state index in [0.717, 1.165) is 12.1 Å². The first kappa shape index (κ1) is 20.7. The summed E-state index contributed by atoms with van der Waals surface area (Å²) in [5.41, 5.74) is 0.850. The van der Waals surface area contributed by atoms with Crippen LogP contribution in [-0.4, -0.2) is 24.3 Å². The third kappa shape index (κ3) is 3.82. The lowest BCUT2D eigenvalue weighted by molar-refractivity contribution is -0.130. The molecular formula is C23H17F2NO4S. The van der Waals surface area contributed by atoms with E-state index >= 15 is 0 Å². The lowest BCUT2D eigenvalue weighted by atomic mass is 10.1. The standard InChI is InChI=1S/C23H17F2NO4S/c24-17-10-6-15(7-11-17)14-26-20(16-8-12-18(25)13-9-16)22(21(27)23(26)28)31(29,30)19-4-2-1-3-5-19/h1-13,20,27H,14H2. The van der Waals surface area contributed by atoms with E-state index in [2.05, 4.69) is 0 Å². The molecular weight excluding hydrogens is 424 g/mol. The Bertz CT molecular complexity index is 1260. The minimum Gasteiger partial charge on any atom is -0.502 e. The molecule has 0 radical (unpaired) electrons. The van der Waals surface area contributed by atoms with Crippen molar-refractivity contribution in [2.24, 2.45) is 0 Å². The number of carbonyl (C=O) groups is 1. The van der Waals surface area contributed by atoms with Crippen LogP contribution in [0, 0.1) is 11.6 Å². The van der Waals surface area contributed by atoms with Crippen LogP contribution in [0.4, 0.5) is 8.78 Å². The van der Waals surface area contributed by atoms with Crippen LogP contribution < -0.4 is 0 Å². The number of benzene rings is 3. The summed E-state index contributed by atoms with van der Waals surface area (Å²) in [6.07, 6.45) is 0. The zero-order chi connectivity index (χ0) is 22.2. The lowest BCUT2D eigenvalue weighted by Crippen LogP contribution is -2.30. The van der Waals surface area contributed by atoms with E-state index in [0.29, 0.717) is 11.1 Å². The summed E-state index contributed by atoms with van der Waals surface area (Å²) in [5, 5.41) is 10.6. The number of rotatable bonds is 5. The van der Waals surface area contributed by atoms with Gasteiger partial charge in [0.15, 0.2) is 5.76 Å². The number of sulfone groups is 1. The van der Waals surface area contributed by atoms with Gasteiger partial charge < -0.3 is 10.0 Å². The minimum atomic E-state index is -4.25. The van der Waals surface area contributed by atoms with Crippen molar-refractivity contribution in [2.45, 2.75) is 17.5 Å². The third-order valence-electron chi connectivity index (χ3n) is 5.05. The molecule has 158 valence electrons. The summed E-state index contributed by atoms with van der Waals surface area (Å²) in [5.74, 6) is -2.76. The fourth-order valence-electron chi connectivity index (χ4n) is 3.56. The first-order valence-corrected chi connectivity index (χ1v) is 10.8. The van der Waals surface area contributed by atoms with Crippen molar-refractivity contribution in [3.63, 3.8) is 0 Å². The van der Waals surface area contributed by atoms with Crippen LogP contribution in [0.25, 0.3) is 0 Å². The number of amides is 1. The van der Waals surface area contributed by atoms with Gasteiger partial charge in [-0.2, -0.15) is 0 Å². The summed E-state index contributed by atoms with van der Waals surface area (Å²) in [6, 6.07) is 16.7. The number of halogens is 2. The summed E-state index contributed by atoms with van der Waals surface area (Å²) < 4.78 is 53.5. The maximum atomic E-state index is 13.5. The molecule has 1 aliphatic rings. The van der Waals surface area contributed by atoms with Crippen molar-refractivity contribution in [1.29, 1.82) is 0 Å². The van der Waals surface area contributed by atoms with E-state index in [9.17, 15) is 27.1 Å². The summed E-state index contributed by atoms with van der Waals surface area (Å²) in [6.45, 7) is -0.0843. The monoisotopic (exact) mass is 441 g/mol. The first-order chi connectivity index (χ1) is 14.8. The maximum Gasteiger partial charge on any atom is 0.290 e. The molecule has 1 heterocycles. The van der Waals surface area contributed by atoms with Crippen molar-refractivity contribution < 1.29 is 27.1 Å². The number of hydrogen-bond acceptors (Lipinski definition) is 4. The highest BCUT2D eigenvalue weighted by Gasteiger charge is 2.46. The van der Waals surface area contributed by atoms with Crippen LogP contribution in [0.15, 0.2) is 94.4 Å². The number of aliphatic hydroxyl groups excluding tert-OH is 1. The smallest absolute Gasteiger partial charge is 0.290 e. The van der Waals surface area contributed by atoms with Gasteiger partial charge in [0.2, 0.25) is 9.84 Å². The average Bonchev–Trinajstić information content (AvgIpc) is 3.02. The molecule has 0 saturated carbocycles. The van der Waals surface area contributed by atoms with Crippen LogP contribution in [0.1, 0.15) is 17.2 Å². The Morgan fingerprint density at radius 1 is 0.839 bits per heavy atom. The van der Waals surface area contributed by atoms with Crippen molar-refractivity contribution in [3.8, 4) is 0 Å². The molecule has 3 aromatic carbocycles. The van der Waals surface area contributed by atoms with E-state index in [1.165, 1.54) is 65.6 Å². The van der Waals surface area contributed by atoms with Crippen LogP contribution in [0.2, 0.25) is 0 Å². The van der Waals surface area contributed by atoms with Crippen LogP contribution in [-0.2, 0) is 21.2 Å². The molecule has 1 aliphatic heterocycles. The van der Waals surface area contributed by atoms with Crippen molar-refractivity contribution >= 4 is 15.7 Å². The molecule has 1 unspecified atom stereocenters. The summed E-state index contributed by atoms with van der Waals surface area (Å²) >= 11 is 0. The van der Waals surface area contributed by atoms with Crippen molar-refractivity contribution in [1.82, 2.24) is 4.90 Å². The molecule has 1 atom stereocenters. The van der Waals surface area contributed by atoms with Crippen molar-refractivity contribution in [2.75, 3.05) is 0 Å². The number of aliphatic hydroxyl groups is 1. The Morgan fingerprint density at radius 2 is 1.39 bits per heavy atom. The molecule has 4 rings (SSSR count). The second-order valence-corrected chi connectivity index (χ2v) is 8.96. The zero-order valence-corrected chi connectivity index (χ0v) is 16.9. The fraction of sp³-hybridized carbons (Fsp3) is 0.0870. The molecule has 3 aromatic rings. The van der Waals surface area contributed by atoms with Gasteiger partial charge in [-0.05, 0) is 47.5 Å². The second kappa shape index (κ2) is 7.96. The van der Waals surface area contributed by atoms with Gasteiger partial charge >= 0.3 is 0 Å². The Labute approximate surface area is 177 Å². The van der Waals surface area contributed by atoms with Crippen LogP contribution >= 0.6 is 0 Å². The summed E-state index contributed by atoms with van der Waals surface area (Å²) in [7, 11) is -4.25. The molecule has 0 spiro atoms. The Kier molecular flexibility index (Phi) is 5.32. The predicted octanol–water partition coefficient (Wildman–Crippen LogP) is 4.29. The van der Waals surface area contributed by atoms with Gasteiger partial charge in [-0.15, -0.1) is 0 Å². The number of hydrogen-bond donors (Lipinski definition) is 1. The molecule has 1 N–H and O–H groups in total. The molecule has 0 aliphatic carbocycles. The molecule has 31 heavy (non-hydrogen) atoms. The summed E-state index contributed by atoms with van der Waals surface area (Å²) in [4.78, 5) is 13.5. The van der Waals surface area contributed by atoms with Gasteiger partial charge in [-0.25, -0.2) is 17.2 Å². The average molecular weight is 441 g/mol. The lowest BCUT2D eigenvalue weighted by Gasteiger charge is -2.27. The molecule has 8 heteroatoms. The van der Waals surface area contributed by atoms with Crippen LogP contribution in [0.3, 0.4) is 0 Å². The second-order valence-electron chi connectivity index (χ2n) is 7.04. The largest absolute Gasteiger partial charge is 0.502 e.